The SMILES string of the molecule is Cc1cccc(C)c1N1C(=C/C=c2/c(C)nn3c(=O)cnnc23)N(c2c(C)cccc2C)c2nc3ccccc3nc21. The Morgan fingerprint density at radius 3 is 1.71 bits per heavy atom. The van der Waals surface area contributed by atoms with Crippen LogP contribution in [0.1, 0.15) is 27.9 Å². The summed E-state index contributed by atoms with van der Waals surface area (Å²) in [5, 5.41) is 13.3. The van der Waals surface area contributed by atoms with Crippen molar-refractivity contribution in [1.82, 2.24) is 29.8 Å². The molecule has 4 heterocycles. The average Bonchev–Trinajstić information content (AvgIpc) is 3.45. The van der Waals surface area contributed by atoms with Gasteiger partial charge in [0.2, 0.25) is 0 Å². The molecule has 42 heavy (non-hydrogen) atoms. The summed E-state index contributed by atoms with van der Waals surface area (Å²) in [6.45, 7) is 10.3. The van der Waals surface area contributed by atoms with Gasteiger partial charge in [0.05, 0.1) is 28.1 Å². The van der Waals surface area contributed by atoms with Crippen LogP contribution >= 0.6 is 0 Å². The number of rotatable bonds is 3. The van der Waals surface area contributed by atoms with Gasteiger partial charge in [-0.3, -0.25) is 14.6 Å². The molecular formula is C33H28N8O. The van der Waals surface area contributed by atoms with Crippen molar-refractivity contribution in [2.24, 2.45) is 0 Å². The van der Waals surface area contributed by atoms with Gasteiger partial charge in [0, 0.05) is 5.22 Å². The predicted molar refractivity (Wildman–Crippen MR) is 165 cm³/mol. The van der Waals surface area contributed by atoms with Crippen LogP contribution in [0, 0.1) is 34.6 Å². The van der Waals surface area contributed by atoms with E-state index in [4.69, 9.17) is 9.97 Å². The second-order valence-corrected chi connectivity index (χ2v) is 10.6. The maximum atomic E-state index is 12.4. The van der Waals surface area contributed by atoms with Gasteiger partial charge in [-0.1, -0.05) is 48.5 Å². The summed E-state index contributed by atoms with van der Waals surface area (Å²) in [6, 6.07) is 20.5. The molecule has 0 unspecified atom stereocenters. The number of para-hydroxylation sites is 4. The molecule has 6 aromatic rings. The van der Waals surface area contributed by atoms with E-state index >= 15 is 0 Å². The molecule has 0 fully saturated rings. The molecule has 0 saturated heterocycles. The van der Waals surface area contributed by atoms with Crippen molar-refractivity contribution >= 4 is 45.8 Å². The minimum Gasteiger partial charge on any atom is -0.276 e. The normalized spacial score (nSPS) is 13.5. The van der Waals surface area contributed by atoms with Crippen molar-refractivity contribution in [3.05, 3.63) is 122 Å². The zero-order valence-electron chi connectivity index (χ0n) is 24.0. The van der Waals surface area contributed by atoms with Crippen LogP contribution in [0.15, 0.2) is 83.6 Å². The molecule has 1 aliphatic heterocycles. The smallest absolute Gasteiger partial charge is 0.276 e. The zero-order valence-corrected chi connectivity index (χ0v) is 24.0. The van der Waals surface area contributed by atoms with Crippen molar-refractivity contribution in [1.29, 1.82) is 0 Å². The van der Waals surface area contributed by atoms with Gasteiger partial charge in [0.25, 0.3) is 5.56 Å². The molecule has 0 aliphatic carbocycles. The van der Waals surface area contributed by atoms with E-state index in [9.17, 15) is 4.79 Å². The first-order chi connectivity index (χ1) is 20.3. The molecule has 0 amide bonds. The van der Waals surface area contributed by atoms with Crippen LogP contribution in [0.5, 0.6) is 0 Å². The van der Waals surface area contributed by atoms with E-state index in [0.29, 0.717) is 11.3 Å². The first-order valence-corrected chi connectivity index (χ1v) is 13.8. The summed E-state index contributed by atoms with van der Waals surface area (Å²) < 4.78 is 1.29. The number of fused-ring (bicyclic) bond motifs is 3. The van der Waals surface area contributed by atoms with Crippen LogP contribution in [0.4, 0.5) is 23.0 Å². The molecule has 1 aliphatic rings. The van der Waals surface area contributed by atoms with Crippen molar-refractivity contribution in [3.8, 4) is 0 Å². The Labute approximate surface area is 242 Å². The summed E-state index contributed by atoms with van der Waals surface area (Å²) in [5.74, 6) is 2.33. The van der Waals surface area contributed by atoms with Gasteiger partial charge in [-0.05, 0) is 81.2 Å². The van der Waals surface area contributed by atoms with E-state index in [1.807, 2.05) is 43.3 Å². The second-order valence-electron chi connectivity index (χ2n) is 10.6. The number of hydrogen-bond donors (Lipinski definition) is 0. The lowest BCUT2D eigenvalue weighted by atomic mass is 10.1. The quantitative estimate of drug-likeness (QED) is 0.292. The van der Waals surface area contributed by atoms with Crippen LogP contribution in [0.2, 0.25) is 0 Å². The van der Waals surface area contributed by atoms with E-state index in [0.717, 1.165) is 67.3 Å². The first kappa shape index (κ1) is 25.5. The van der Waals surface area contributed by atoms with Crippen LogP contribution in [-0.4, -0.2) is 29.8 Å². The molecule has 0 bridgehead atoms. The number of aryl methyl sites for hydroxylation is 5. The molecule has 3 aromatic heterocycles. The van der Waals surface area contributed by atoms with E-state index in [2.05, 4.69) is 89.2 Å². The largest absolute Gasteiger partial charge is 0.293 e. The molecular weight excluding hydrogens is 524 g/mol. The lowest BCUT2D eigenvalue weighted by Crippen LogP contribution is -2.24. The summed E-state index contributed by atoms with van der Waals surface area (Å²) in [7, 11) is 0. The maximum Gasteiger partial charge on any atom is 0.293 e. The number of hydrogen-bond acceptors (Lipinski definition) is 8. The van der Waals surface area contributed by atoms with Gasteiger partial charge in [-0.15, -0.1) is 5.10 Å². The summed E-state index contributed by atoms with van der Waals surface area (Å²) in [6.07, 6.45) is 5.16. The minimum absolute atomic E-state index is 0.321. The Kier molecular flexibility index (Phi) is 5.83. The van der Waals surface area contributed by atoms with Gasteiger partial charge < -0.3 is 0 Å². The number of allylic oxidation sites excluding steroid dienone is 1. The topological polar surface area (TPSA) is 92.4 Å². The van der Waals surface area contributed by atoms with E-state index in [-0.39, 0.29) is 5.56 Å². The lowest BCUT2D eigenvalue weighted by molar-refractivity contribution is 0.841. The van der Waals surface area contributed by atoms with Crippen LogP contribution in [0.25, 0.3) is 22.8 Å². The molecule has 0 radical (unpaired) electrons. The van der Waals surface area contributed by atoms with Crippen molar-refractivity contribution in [3.63, 3.8) is 0 Å². The Balaban J connectivity index is 1.61. The van der Waals surface area contributed by atoms with Crippen molar-refractivity contribution < 1.29 is 0 Å². The fourth-order valence-corrected chi connectivity index (χ4v) is 5.82. The minimum atomic E-state index is -0.321. The Hall–Kier alpha value is -5.44. The second kappa shape index (κ2) is 9.59. The average molecular weight is 553 g/mol. The summed E-state index contributed by atoms with van der Waals surface area (Å²) in [4.78, 5) is 27.2. The number of nitrogens with zero attached hydrogens (tertiary/aromatic N) is 8. The maximum absolute atomic E-state index is 12.4. The highest BCUT2D eigenvalue weighted by atomic mass is 16.1. The Morgan fingerprint density at radius 2 is 1.19 bits per heavy atom. The molecule has 3 aromatic carbocycles. The molecule has 9 heteroatoms. The summed E-state index contributed by atoms with van der Waals surface area (Å²) >= 11 is 0. The van der Waals surface area contributed by atoms with E-state index in [1.165, 1.54) is 10.7 Å². The van der Waals surface area contributed by atoms with Gasteiger partial charge >= 0.3 is 0 Å². The van der Waals surface area contributed by atoms with E-state index < -0.39 is 0 Å². The predicted octanol–water partition coefficient (Wildman–Crippen LogP) is 5.30. The molecule has 0 atom stereocenters. The van der Waals surface area contributed by atoms with Crippen LogP contribution in [-0.2, 0) is 0 Å². The molecule has 0 spiro atoms. The number of anilines is 4. The van der Waals surface area contributed by atoms with Gasteiger partial charge in [-0.2, -0.15) is 14.7 Å². The van der Waals surface area contributed by atoms with Gasteiger partial charge in [-0.25, -0.2) is 9.97 Å². The number of aromatic nitrogens is 6. The highest BCUT2D eigenvalue weighted by molar-refractivity contribution is 5.95. The molecule has 0 saturated carbocycles. The summed E-state index contributed by atoms with van der Waals surface area (Å²) in [5.41, 5.74) is 8.91. The highest BCUT2D eigenvalue weighted by Crippen LogP contribution is 2.51. The van der Waals surface area contributed by atoms with Crippen LogP contribution in [0.3, 0.4) is 0 Å². The van der Waals surface area contributed by atoms with E-state index in [1.54, 1.807) is 0 Å². The molecule has 9 nitrogen and oxygen atoms in total. The monoisotopic (exact) mass is 552 g/mol. The highest BCUT2D eigenvalue weighted by Gasteiger charge is 2.38. The molecule has 7 rings (SSSR count). The molecule has 206 valence electrons. The fraction of sp³-hybridized carbons (Fsp3) is 0.152. The standard InChI is InChI=1S/C33H28N8O/c1-19-10-8-11-20(2)29(19)39-27(17-16-24-23(5)38-41-28(42)18-34-37-31(24)41)40(30-21(3)12-9-13-22(30)4)33-32(39)35-25-14-6-7-15-26(25)36-33/h6-18H,1-5H3/b24-16-. The Morgan fingerprint density at radius 1 is 0.667 bits per heavy atom. The number of benzene rings is 3. The molecule has 0 N–H and O–H groups in total. The zero-order chi connectivity index (χ0) is 29.1. The van der Waals surface area contributed by atoms with Gasteiger partial charge in [0.15, 0.2) is 17.3 Å². The third-order valence-corrected chi connectivity index (χ3v) is 7.75. The third kappa shape index (κ3) is 3.85. The van der Waals surface area contributed by atoms with Gasteiger partial charge in [0.1, 0.15) is 12.0 Å². The first-order valence-electron chi connectivity index (χ1n) is 13.8. The third-order valence-electron chi connectivity index (χ3n) is 7.75. The van der Waals surface area contributed by atoms with Crippen LogP contribution < -0.4 is 20.6 Å². The van der Waals surface area contributed by atoms with Crippen molar-refractivity contribution in [2.75, 3.05) is 9.80 Å². The Bertz CT molecular complexity index is 2060. The van der Waals surface area contributed by atoms with Crippen molar-refractivity contribution in [2.45, 2.75) is 34.6 Å². The lowest BCUT2D eigenvalue weighted by Gasteiger charge is -2.28. The fourth-order valence-electron chi connectivity index (χ4n) is 5.82.